The SMILES string of the molecule is CCCCC(=O)/C=C/CCCOC(=O)CCCCO. The Hall–Kier alpha value is -1.16. The summed E-state index contributed by atoms with van der Waals surface area (Å²) in [5, 5.41) is 8.56. The van der Waals surface area contributed by atoms with Crippen LogP contribution in [0.15, 0.2) is 12.2 Å². The molecule has 0 aromatic heterocycles. The highest BCUT2D eigenvalue weighted by Gasteiger charge is 2.01. The molecule has 0 aliphatic heterocycles. The van der Waals surface area contributed by atoms with Gasteiger partial charge in [0.05, 0.1) is 6.61 Å². The summed E-state index contributed by atoms with van der Waals surface area (Å²) in [5.41, 5.74) is 0. The first-order valence-corrected chi connectivity index (χ1v) is 7.16. The van der Waals surface area contributed by atoms with Gasteiger partial charge in [0.2, 0.25) is 0 Å². The Bertz CT molecular complexity index is 271. The van der Waals surface area contributed by atoms with E-state index in [1.165, 1.54) is 0 Å². The van der Waals surface area contributed by atoms with Gasteiger partial charge >= 0.3 is 5.97 Å². The van der Waals surface area contributed by atoms with Crippen LogP contribution in [-0.2, 0) is 14.3 Å². The van der Waals surface area contributed by atoms with Gasteiger partial charge in [-0.25, -0.2) is 0 Å². The lowest BCUT2D eigenvalue weighted by Gasteiger charge is -2.02. The third-order valence-corrected chi connectivity index (χ3v) is 2.65. The number of rotatable bonds is 12. The number of unbranched alkanes of at least 4 members (excludes halogenated alkanes) is 3. The van der Waals surface area contributed by atoms with E-state index in [1.54, 1.807) is 6.08 Å². The zero-order valence-electron chi connectivity index (χ0n) is 11.9. The van der Waals surface area contributed by atoms with Crippen molar-refractivity contribution in [1.82, 2.24) is 0 Å². The van der Waals surface area contributed by atoms with E-state index in [1.807, 2.05) is 6.08 Å². The van der Waals surface area contributed by atoms with Gasteiger partial charge in [-0.3, -0.25) is 9.59 Å². The van der Waals surface area contributed by atoms with Crippen LogP contribution in [-0.4, -0.2) is 30.1 Å². The molecule has 0 aromatic rings. The van der Waals surface area contributed by atoms with Crippen LogP contribution in [0.25, 0.3) is 0 Å². The summed E-state index contributed by atoms with van der Waals surface area (Å²) < 4.78 is 5.02. The minimum absolute atomic E-state index is 0.115. The van der Waals surface area contributed by atoms with Crippen molar-refractivity contribution >= 4 is 11.8 Å². The van der Waals surface area contributed by atoms with Gasteiger partial charge in [0, 0.05) is 19.4 Å². The van der Waals surface area contributed by atoms with Crippen molar-refractivity contribution in [3.05, 3.63) is 12.2 Å². The van der Waals surface area contributed by atoms with E-state index >= 15 is 0 Å². The van der Waals surface area contributed by atoms with Crippen LogP contribution in [0.4, 0.5) is 0 Å². The molecule has 0 aromatic carbocycles. The Balaban J connectivity index is 3.41. The van der Waals surface area contributed by atoms with E-state index in [-0.39, 0.29) is 18.4 Å². The Morgan fingerprint density at radius 3 is 2.58 bits per heavy atom. The van der Waals surface area contributed by atoms with Crippen molar-refractivity contribution in [2.45, 2.75) is 58.3 Å². The Morgan fingerprint density at radius 2 is 1.89 bits per heavy atom. The van der Waals surface area contributed by atoms with E-state index < -0.39 is 0 Å². The number of carbonyl (C=O) groups excluding carboxylic acids is 2. The normalized spacial score (nSPS) is 10.8. The molecule has 0 radical (unpaired) electrons. The molecule has 0 fully saturated rings. The molecule has 1 N–H and O–H groups in total. The monoisotopic (exact) mass is 270 g/mol. The van der Waals surface area contributed by atoms with Crippen molar-refractivity contribution in [2.24, 2.45) is 0 Å². The lowest BCUT2D eigenvalue weighted by molar-refractivity contribution is -0.143. The molecule has 0 saturated heterocycles. The number of aliphatic hydroxyl groups is 1. The average molecular weight is 270 g/mol. The first-order chi connectivity index (χ1) is 9.20. The standard InChI is InChI=1S/C15H26O4/c1-2-3-9-14(17)10-5-4-8-13-19-15(18)11-6-7-12-16/h5,10,16H,2-4,6-9,11-13H2,1H3/b10-5+. The third-order valence-electron chi connectivity index (χ3n) is 2.65. The van der Waals surface area contributed by atoms with Crippen molar-refractivity contribution in [3.8, 4) is 0 Å². The van der Waals surface area contributed by atoms with Gasteiger partial charge in [-0.05, 0) is 38.2 Å². The second-order valence-electron chi connectivity index (χ2n) is 4.52. The van der Waals surface area contributed by atoms with Crippen LogP contribution >= 0.6 is 0 Å². The molecule has 4 nitrogen and oxygen atoms in total. The molecule has 0 aliphatic carbocycles. The number of ether oxygens (including phenoxy) is 1. The molecule has 0 unspecified atom stereocenters. The molecule has 4 heteroatoms. The number of allylic oxidation sites excluding steroid dienone is 2. The summed E-state index contributed by atoms with van der Waals surface area (Å²) in [7, 11) is 0. The maximum Gasteiger partial charge on any atom is 0.305 e. The zero-order valence-corrected chi connectivity index (χ0v) is 11.9. The Kier molecular flexibility index (Phi) is 12.5. The molecule has 0 rings (SSSR count). The van der Waals surface area contributed by atoms with Crippen LogP contribution in [0.3, 0.4) is 0 Å². The lowest BCUT2D eigenvalue weighted by Crippen LogP contribution is -2.05. The molecule has 0 saturated carbocycles. The minimum Gasteiger partial charge on any atom is -0.466 e. The fraction of sp³-hybridized carbons (Fsp3) is 0.733. The molecule has 19 heavy (non-hydrogen) atoms. The van der Waals surface area contributed by atoms with Crippen LogP contribution in [0.2, 0.25) is 0 Å². The fourth-order valence-electron chi connectivity index (χ4n) is 1.49. The zero-order chi connectivity index (χ0) is 14.3. The summed E-state index contributed by atoms with van der Waals surface area (Å²) in [6.45, 7) is 2.57. The number of aliphatic hydroxyl groups excluding tert-OH is 1. The summed E-state index contributed by atoms with van der Waals surface area (Å²) in [4.78, 5) is 22.5. The minimum atomic E-state index is -0.212. The van der Waals surface area contributed by atoms with Gasteiger partial charge in [-0.15, -0.1) is 0 Å². The van der Waals surface area contributed by atoms with Crippen molar-refractivity contribution in [3.63, 3.8) is 0 Å². The van der Waals surface area contributed by atoms with Crippen LogP contribution in [0.1, 0.15) is 58.3 Å². The Labute approximate surface area is 115 Å². The van der Waals surface area contributed by atoms with Gasteiger partial charge < -0.3 is 9.84 Å². The molecular formula is C15H26O4. The second-order valence-corrected chi connectivity index (χ2v) is 4.52. The van der Waals surface area contributed by atoms with Gasteiger partial charge in [0.25, 0.3) is 0 Å². The van der Waals surface area contributed by atoms with Crippen molar-refractivity contribution < 1.29 is 19.4 Å². The molecule has 0 spiro atoms. The summed E-state index contributed by atoms with van der Waals surface area (Å²) in [5.74, 6) is -0.0423. The van der Waals surface area contributed by atoms with E-state index in [0.29, 0.717) is 32.3 Å². The number of hydrogen-bond donors (Lipinski definition) is 1. The lowest BCUT2D eigenvalue weighted by atomic mass is 10.1. The number of carbonyl (C=O) groups is 2. The van der Waals surface area contributed by atoms with Gasteiger partial charge in [-0.1, -0.05) is 19.4 Å². The van der Waals surface area contributed by atoms with Crippen LogP contribution < -0.4 is 0 Å². The highest BCUT2D eigenvalue weighted by atomic mass is 16.5. The summed E-state index contributed by atoms with van der Waals surface area (Å²) in [6, 6.07) is 0. The molecule has 0 bridgehead atoms. The van der Waals surface area contributed by atoms with Crippen LogP contribution in [0, 0.1) is 0 Å². The first-order valence-electron chi connectivity index (χ1n) is 7.16. The molecule has 110 valence electrons. The largest absolute Gasteiger partial charge is 0.466 e. The molecule has 0 aliphatic rings. The predicted octanol–water partition coefficient (Wildman–Crippen LogP) is 2.79. The number of esters is 1. The van der Waals surface area contributed by atoms with E-state index in [0.717, 1.165) is 25.7 Å². The second kappa shape index (κ2) is 13.3. The summed E-state index contributed by atoms with van der Waals surface area (Å²) in [6.07, 6.45) is 9.22. The van der Waals surface area contributed by atoms with Gasteiger partial charge in [-0.2, -0.15) is 0 Å². The average Bonchev–Trinajstić information content (AvgIpc) is 2.40. The van der Waals surface area contributed by atoms with E-state index in [2.05, 4.69) is 6.92 Å². The maximum absolute atomic E-state index is 11.3. The van der Waals surface area contributed by atoms with Gasteiger partial charge in [0.15, 0.2) is 5.78 Å². The van der Waals surface area contributed by atoms with Gasteiger partial charge in [0.1, 0.15) is 0 Å². The first kappa shape index (κ1) is 17.8. The third kappa shape index (κ3) is 13.1. The summed E-state index contributed by atoms with van der Waals surface area (Å²) >= 11 is 0. The topological polar surface area (TPSA) is 63.6 Å². The number of hydrogen-bond acceptors (Lipinski definition) is 4. The van der Waals surface area contributed by atoms with E-state index in [4.69, 9.17) is 9.84 Å². The quantitative estimate of drug-likeness (QED) is 0.336. The Morgan fingerprint density at radius 1 is 1.11 bits per heavy atom. The fourth-order valence-corrected chi connectivity index (χ4v) is 1.49. The van der Waals surface area contributed by atoms with Crippen LogP contribution in [0.5, 0.6) is 0 Å². The number of ketones is 1. The molecule has 0 amide bonds. The van der Waals surface area contributed by atoms with Crippen molar-refractivity contribution in [1.29, 1.82) is 0 Å². The predicted molar refractivity (Wildman–Crippen MR) is 74.8 cm³/mol. The molecular weight excluding hydrogens is 244 g/mol. The highest BCUT2D eigenvalue weighted by Crippen LogP contribution is 2.00. The van der Waals surface area contributed by atoms with E-state index in [9.17, 15) is 9.59 Å². The maximum atomic E-state index is 11.3. The highest BCUT2D eigenvalue weighted by molar-refractivity contribution is 5.89. The van der Waals surface area contributed by atoms with Crippen molar-refractivity contribution in [2.75, 3.05) is 13.2 Å². The molecule has 0 heterocycles. The molecule has 0 atom stereocenters. The smallest absolute Gasteiger partial charge is 0.305 e.